The summed E-state index contributed by atoms with van der Waals surface area (Å²) in [6.45, 7) is 6.84. The predicted octanol–water partition coefficient (Wildman–Crippen LogP) is 2.78. The van der Waals surface area contributed by atoms with E-state index in [1.54, 1.807) is 12.4 Å². The molecule has 4 rings (SSSR count). The molecular formula is C23H31N5O. The van der Waals surface area contributed by atoms with Gasteiger partial charge in [-0.3, -0.25) is 9.69 Å². The lowest BCUT2D eigenvalue weighted by Crippen LogP contribution is -2.49. The average Bonchev–Trinajstić information content (AvgIpc) is 2.76. The highest BCUT2D eigenvalue weighted by atomic mass is 16.2. The Morgan fingerprint density at radius 2 is 1.90 bits per heavy atom. The number of amides is 1. The third-order valence-electron chi connectivity index (χ3n) is 6.05. The summed E-state index contributed by atoms with van der Waals surface area (Å²) in [5.74, 6) is 0.954. The van der Waals surface area contributed by atoms with Crippen molar-refractivity contribution in [3.05, 3.63) is 53.9 Å². The summed E-state index contributed by atoms with van der Waals surface area (Å²) in [5, 5.41) is 3.32. The van der Waals surface area contributed by atoms with Crippen molar-refractivity contribution in [1.82, 2.24) is 20.2 Å². The van der Waals surface area contributed by atoms with E-state index in [0.29, 0.717) is 12.6 Å². The minimum atomic E-state index is 0.0258. The molecule has 0 bridgehead atoms. The molecule has 0 radical (unpaired) electrons. The zero-order valence-electron chi connectivity index (χ0n) is 17.3. The number of hydrogen-bond acceptors (Lipinski definition) is 5. The molecule has 3 heterocycles. The normalized spacial score (nSPS) is 21.1. The molecule has 2 aliphatic rings. The van der Waals surface area contributed by atoms with Crippen LogP contribution in [0, 0.1) is 12.8 Å². The summed E-state index contributed by atoms with van der Waals surface area (Å²) in [5.41, 5.74) is 2.69. The summed E-state index contributed by atoms with van der Waals surface area (Å²) in [6.07, 6.45) is 7.52. The van der Waals surface area contributed by atoms with Crippen LogP contribution in [0.15, 0.2) is 42.7 Å². The zero-order valence-corrected chi connectivity index (χ0v) is 17.3. The number of aromatic nitrogens is 2. The molecule has 1 N–H and O–H groups in total. The molecule has 154 valence electrons. The molecule has 0 aliphatic carbocycles. The second-order valence-electron chi connectivity index (χ2n) is 8.38. The first-order valence-corrected chi connectivity index (χ1v) is 10.8. The fraction of sp³-hybridized carbons (Fsp3) is 0.522. The fourth-order valence-corrected chi connectivity index (χ4v) is 4.45. The molecule has 1 aromatic heterocycles. The van der Waals surface area contributed by atoms with Gasteiger partial charge in [0.15, 0.2) is 0 Å². The lowest BCUT2D eigenvalue weighted by molar-refractivity contribution is -0.126. The molecule has 29 heavy (non-hydrogen) atoms. The number of likely N-dealkylation sites (tertiary alicyclic amines) is 1. The smallest absolute Gasteiger partial charge is 0.225 e. The third kappa shape index (κ3) is 5.32. The van der Waals surface area contributed by atoms with Gasteiger partial charge in [0.25, 0.3) is 0 Å². The van der Waals surface area contributed by atoms with Crippen molar-refractivity contribution in [1.29, 1.82) is 0 Å². The van der Waals surface area contributed by atoms with Crippen LogP contribution in [0.3, 0.4) is 0 Å². The summed E-state index contributed by atoms with van der Waals surface area (Å²) >= 11 is 0. The molecular weight excluding hydrogens is 362 g/mol. The maximum Gasteiger partial charge on any atom is 0.225 e. The lowest BCUT2D eigenvalue weighted by atomic mass is 9.96. The molecule has 1 aromatic carbocycles. The second-order valence-corrected chi connectivity index (χ2v) is 8.38. The Morgan fingerprint density at radius 1 is 1.10 bits per heavy atom. The molecule has 2 aromatic rings. The number of nitrogens with one attached hydrogen (secondary N) is 1. The lowest BCUT2D eigenvalue weighted by Gasteiger charge is -2.35. The molecule has 2 aliphatic heterocycles. The van der Waals surface area contributed by atoms with E-state index in [2.05, 4.69) is 56.3 Å². The van der Waals surface area contributed by atoms with Gasteiger partial charge in [0, 0.05) is 51.2 Å². The van der Waals surface area contributed by atoms with E-state index >= 15 is 0 Å². The van der Waals surface area contributed by atoms with E-state index in [-0.39, 0.29) is 11.8 Å². The monoisotopic (exact) mass is 393 g/mol. The van der Waals surface area contributed by atoms with Crippen molar-refractivity contribution in [3.63, 3.8) is 0 Å². The maximum absolute atomic E-state index is 12.9. The summed E-state index contributed by atoms with van der Waals surface area (Å²) in [7, 11) is 0. The first kappa shape index (κ1) is 19.8. The van der Waals surface area contributed by atoms with Gasteiger partial charge in [0.2, 0.25) is 11.9 Å². The first-order chi connectivity index (χ1) is 14.2. The SMILES string of the molecule is Cc1cccc(CN2CCC(NC(=O)[C@@H]3CCCN(c4ncccn4)C3)CC2)c1. The topological polar surface area (TPSA) is 61.4 Å². The second kappa shape index (κ2) is 9.35. The van der Waals surface area contributed by atoms with E-state index in [9.17, 15) is 4.79 Å². The quantitative estimate of drug-likeness (QED) is 0.846. The number of anilines is 1. The van der Waals surface area contributed by atoms with Gasteiger partial charge in [-0.2, -0.15) is 0 Å². The van der Waals surface area contributed by atoms with Crippen LogP contribution in [-0.4, -0.2) is 53.0 Å². The Labute approximate surface area is 173 Å². The standard InChI is InChI=1S/C23H31N5O/c1-18-5-2-6-19(15-18)16-27-13-8-21(9-14-27)26-22(29)20-7-3-12-28(17-20)23-24-10-4-11-25-23/h2,4-6,10-11,15,20-21H,3,7-9,12-14,16-17H2,1H3,(H,26,29)/t20-/m1/s1. The number of hydrogen-bond donors (Lipinski definition) is 1. The van der Waals surface area contributed by atoms with E-state index in [0.717, 1.165) is 57.8 Å². The molecule has 2 saturated heterocycles. The molecule has 0 unspecified atom stereocenters. The largest absolute Gasteiger partial charge is 0.353 e. The number of carbonyl (C=O) groups excluding carboxylic acids is 1. The third-order valence-corrected chi connectivity index (χ3v) is 6.05. The van der Waals surface area contributed by atoms with Crippen LogP contribution in [0.25, 0.3) is 0 Å². The van der Waals surface area contributed by atoms with Crippen molar-refractivity contribution in [2.24, 2.45) is 5.92 Å². The van der Waals surface area contributed by atoms with Crippen LogP contribution in [-0.2, 0) is 11.3 Å². The van der Waals surface area contributed by atoms with E-state index in [4.69, 9.17) is 0 Å². The van der Waals surface area contributed by atoms with Crippen LogP contribution in [0.5, 0.6) is 0 Å². The van der Waals surface area contributed by atoms with Gasteiger partial charge in [-0.15, -0.1) is 0 Å². The number of rotatable bonds is 5. The molecule has 2 fully saturated rings. The van der Waals surface area contributed by atoms with Crippen LogP contribution < -0.4 is 10.2 Å². The van der Waals surface area contributed by atoms with Crippen molar-refractivity contribution in [2.75, 3.05) is 31.1 Å². The average molecular weight is 394 g/mol. The summed E-state index contributed by atoms with van der Waals surface area (Å²) in [6, 6.07) is 10.8. The molecule has 6 heteroatoms. The minimum Gasteiger partial charge on any atom is -0.353 e. The van der Waals surface area contributed by atoms with Crippen LogP contribution >= 0.6 is 0 Å². The van der Waals surface area contributed by atoms with Gasteiger partial charge in [-0.1, -0.05) is 29.8 Å². The number of benzene rings is 1. The van der Waals surface area contributed by atoms with Gasteiger partial charge < -0.3 is 10.2 Å². The molecule has 1 amide bonds. The van der Waals surface area contributed by atoms with Crippen molar-refractivity contribution in [3.8, 4) is 0 Å². The Morgan fingerprint density at radius 3 is 2.66 bits per heavy atom. The van der Waals surface area contributed by atoms with Crippen LogP contribution in [0.2, 0.25) is 0 Å². The molecule has 0 spiro atoms. The van der Waals surface area contributed by atoms with E-state index in [1.165, 1.54) is 11.1 Å². The fourth-order valence-electron chi connectivity index (χ4n) is 4.45. The highest BCUT2D eigenvalue weighted by molar-refractivity contribution is 5.79. The number of carbonyl (C=O) groups is 1. The molecule has 0 saturated carbocycles. The van der Waals surface area contributed by atoms with E-state index < -0.39 is 0 Å². The Balaban J connectivity index is 1.24. The number of piperidine rings is 2. The first-order valence-electron chi connectivity index (χ1n) is 10.8. The Hall–Kier alpha value is -2.47. The number of aryl methyl sites for hydroxylation is 1. The van der Waals surface area contributed by atoms with Crippen molar-refractivity contribution >= 4 is 11.9 Å². The highest BCUT2D eigenvalue weighted by Gasteiger charge is 2.29. The van der Waals surface area contributed by atoms with Gasteiger partial charge in [0.05, 0.1) is 5.92 Å². The van der Waals surface area contributed by atoms with Gasteiger partial charge in [0.1, 0.15) is 0 Å². The number of nitrogens with zero attached hydrogens (tertiary/aromatic N) is 4. The van der Waals surface area contributed by atoms with Gasteiger partial charge in [-0.25, -0.2) is 9.97 Å². The summed E-state index contributed by atoms with van der Waals surface area (Å²) in [4.78, 5) is 26.2. The Bertz CT molecular complexity index is 804. The molecule has 1 atom stereocenters. The van der Waals surface area contributed by atoms with E-state index in [1.807, 2.05) is 6.07 Å². The Kier molecular flexibility index (Phi) is 6.39. The van der Waals surface area contributed by atoms with Crippen LogP contribution in [0.1, 0.15) is 36.8 Å². The molecule has 6 nitrogen and oxygen atoms in total. The highest BCUT2D eigenvalue weighted by Crippen LogP contribution is 2.21. The maximum atomic E-state index is 12.9. The summed E-state index contributed by atoms with van der Waals surface area (Å²) < 4.78 is 0. The predicted molar refractivity (Wildman–Crippen MR) is 115 cm³/mol. The van der Waals surface area contributed by atoms with Gasteiger partial charge in [-0.05, 0) is 44.2 Å². The minimum absolute atomic E-state index is 0.0258. The van der Waals surface area contributed by atoms with Crippen molar-refractivity contribution < 1.29 is 4.79 Å². The van der Waals surface area contributed by atoms with Crippen molar-refractivity contribution in [2.45, 2.75) is 45.2 Å². The van der Waals surface area contributed by atoms with Gasteiger partial charge >= 0.3 is 0 Å². The van der Waals surface area contributed by atoms with Crippen LogP contribution in [0.4, 0.5) is 5.95 Å². The zero-order chi connectivity index (χ0) is 20.1.